The number of aromatic nitrogens is 1. The van der Waals surface area contributed by atoms with Gasteiger partial charge in [-0.1, -0.05) is 29.5 Å². The van der Waals surface area contributed by atoms with E-state index in [0.29, 0.717) is 34.7 Å². The average Bonchev–Trinajstić information content (AvgIpc) is 3.31. The van der Waals surface area contributed by atoms with Gasteiger partial charge in [-0.15, -0.1) is 0 Å². The number of hydrogen-bond acceptors (Lipinski definition) is 5. The van der Waals surface area contributed by atoms with Crippen LogP contribution in [0.4, 0.5) is 31.5 Å². The van der Waals surface area contributed by atoms with Gasteiger partial charge in [-0.2, -0.15) is 26.3 Å². The fourth-order valence-electron chi connectivity index (χ4n) is 4.92. The van der Waals surface area contributed by atoms with Gasteiger partial charge in [0, 0.05) is 12.6 Å². The maximum absolute atomic E-state index is 13.8. The van der Waals surface area contributed by atoms with E-state index in [2.05, 4.69) is 10.3 Å². The second-order valence-electron chi connectivity index (χ2n) is 9.34. The first kappa shape index (κ1) is 28.4. The molecule has 6 nitrogen and oxygen atoms in total. The summed E-state index contributed by atoms with van der Waals surface area (Å²) < 4.78 is 88.3. The largest absolute Gasteiger partial charge is 0.494 e. The van der Waals surface area contributed by atoms with Crippen LogP contribution in [-0.2, 0) is 17.1 Å². The highest BCUT2D eigenvalue weighted by atomic mass is 32.1. The molecule has 0 fully saturated rings. The number of likely N-dealkylation sites (N-methyl/N-ethyl adjacent to an activating group) is 1. The quantitative estimate of drug-likeness (QED) is 0.247. The third-order valence-electron chi connectivity index (χ3n) is 6.71. The number of nitrogens with zero attached hydrogens (tertiary/aromatic N) is 2. The highest BCUT2D eigenvalue weighted by Crippen LogP contribution is 2.46. The van der Waals surface area contributed by atoms with E-state index in [1.54, 1.807) is 24.3 Å². The number of carbonyl (C=O) groups excluding carboxylic acids is 2. The number of rotatable bonds is 5. The number of alkyl halides is 6. The lowest BCUT2D eigenvalue weighted by Crippen LogP contribution is -2.44. The highest BCUT2D eigenvalue weighted by Gasteiger charge is 2.45. The molecule has 1 aromatic heterocycles. The summed E-state index contributed by atoms with van der Waals surface area (Å²) in [5.41, 5.74) is -2.74. The van der Waals surface area contributed by atoms with Crippen molar-refractivity contribution in [3.8, 4) is 5.75 Å². The number of hydrogen-bond donors (Lipinski definition) is 1. The molecule has 41 heavy (non-hydrogen) atoms. The standard InChI is InChI=1S/C28H21F6N3O3S/c1-3-40-17-8-9-20-21(13-17)41-26(35-20)36-24(38)22-18-6-4-5-7-19(18)25(39)37(2)23(22)14-10-15(27(29,30)31)12-16(11-14)28(32,33)34/h4-13,22-23H,3H2,1-2H3,(H,35,36,38). The van der Waals surface area contributed by atoms with Crippen molar-refractivity contribution in [2.24, 2.45) is 0 Å². The Morgan fingerprint density at radius 1 is 1.00 bits per heavy atom. The van der Waals surface area contributed by atoms with E-state index in [4.69, 9.17) is 4.74 Å². The number of nitrogens with one attached hydrogen (secondary N) is 1. The molecule has 3 aromatic carbocycles. The normalized spacial score (nSPS) is 17.5. The number of ether oxygens (including phenoxy) is 1. The van der Waals surface area contributed by atoms with Gasteiger partial charge in [-0.05, 0) is 60.5 Å². The first-order chi connectivity index (χ1) is 19.3. The molecule has 4 aromatic rings. The lowest BCUT2D eigenvalue weighted by molar-refractivity contribution is -0.143. The minimum atomic E-state index is -5.11. The summed E-state index contributed by atoms with van der Waals surface area (Å²) in [6.07, 6.45) is -10.2. The van der Waals surface area contributed by atoms with E-state index in [1.807, 2.05) is 6.92 Å². The van der Waals surface area contributed by atoms with Crippen molar-refractivity contribution < 1.29 is 40.7 Å². The van der Waals surface area contributed by atoms with Crippen LogP contribution in [0.25, 0.3) is 10.2 Å². The molecule has 214 valence electrons. The van der Waals surface area contributed by atoms with Gasteiger partial charge >= 0.3 is 12.4 Å². The highest BCUT2D eigenvalue weighted by molar-refractivity contribution is 7.22. The first-order valence-electron chi connectivity index (χ1n) is 12.3. The van der Waals surface area contributed by atoms with E-state index < -0.39 is 52.8 Å². The fraction of sp³-hybridized carbons (Fsp3) is 0.250. The molecule has 0 saturated carbocycles. The monoisotopic (exact) mass is 593 g/mol. The molecular formula is C28H21F6N3O3S. The summed E-state index contributed by atoms with van der Waals surface area (Å²) in [5, 5.41) is 2.83. The summed E-state index contributed by atoms with van der Waals surface area (Å²) in [6, 6.07) is 10.7. The average molecular weight is 594 g/mol. The van der Waals surface area contributed by atoms with Crippen molar-refractivity contribution in [3.05, 3.63) is 88.5 Å². The molecule has 1 aliphatic rings. The lowest BCUT2D eigenvalue weighted by Gasteiger charge is -2.40. The topological polar surface area (TPSA) is 71.5 Å². The zero-order valence-electron chi connectivity index (χ0n) is 21.4. The predicted molar refractivity (Wildman–Crippen MR) is 140 cm³/mol. The Kier molecular flexibility index (Phi) is 7.18. The smallest absolute Gasteiger partial charge is 0.416 e. The molecule has 2 atom stereocenters. The molecule has 0 aliphatic carbocycles. The molecule has 13 heteroatoms. The Bertz CT molecular complexity index is 1620. The molecule has 2 unspecified atom stereocenters. The van der Waals surface area contributed by atoms with Gasteiger partial charge in [0.2, 0.25) is 5.91 Å². The SMILES string of the molecule is CCOc1ccc2nc(NC(=O)C3c4ccccc4C(=O)N(C)C3c3cc(C(F)(F)F)cc(C(F)(F)F)c3)sc2c1. The van der Waals surface area contributed by atoms with E-state index in [-0.39, 0.29) is 22.3 Å². The van der Waals surface area contributed by atoms with Crippen molar-refractivity contribution in [3.63, 3.8) is 0 Å². The number of halogens is 6. The van der Waals surface area contributed by atoms with Crippen LogP contribution >= 0.6 is 11.3 Å². The minimum Gasteiger partial charge on any atom is -0.494 e. The predicted octanol–water partition coefficient (Wildman–Crippen LogP) is 7.28. The van der Waals surface area contributed by atoms with Gasteiger partial charge in [0.05, 0.1) is 39.9 Å². The van der Waals surface area contributed by atoms with Gasteiger partial charge in [-0.3, -0.25) is 9.59 Å². The maximum atomic E-state index is 13.8. The second-order valence-corrected chi connectivity index (χ2v) is 10.4. The Morgan fingerprint density at radius 3 is 2.29 bits per heavy atom. The maximum Gasteiger partial charge on any atom is 0.416 e. The van der Waals surface area contributed by atoms with Crippen LogP contribution in [0.3, 0.4) is 0 Å². The van der Waals surface area contributed by atoms with Crippen LogP contribution in [0.2, 0.25) is 0 Å². The number of anilines is 1. The van der Waals surface area contributed by atoms with E-state index in [9.17, 15) is 35.9 Å². The Labute approximate surface area is 233 Å². The lowest BCUT2D eigenvalue weighted by atomic mass is 9.79. The van der Waals surface area contributed by atoms with E-state index in [0.717, 1.165) is 16.2 Å². The molecule has 0 radical (unpaired) electrons. The van der Waals surface area contributed by atoms with Crippen LogP contribution in [0, 0.1) is 0 Å². The Morgan fingerprint density at radius 2 is 1.66 bits per heavy atom. The van der Waals surface area contributed by atoms with Crippen molar-refractivity contribution in [1.82, 2.24) is 9.88 Å². The molecule has 2 amide bonds. The van der Waals surface area contributed by atoms with Gasteiger partial charge in [0.25, 0.3) is 5.91 Å². The molecule has 2 heterocycles. The first-order valence-corrected chi connectivity index (χ1v) is 13.1. The van der Waals surface area contributed by atoms with Crippen molar-refractivity contribution in [2.75, 3.05) is 19.0 Å². The van der Waals surface area contributed by atoms with Gasteiger partial charge < -0.3 is 15.0 Å². The van der Waals surface area contributed by atoms with Crippen molar-refractivity contribution in [2.45, 2.75) is 31.2 Å². The second kappa shape index (κ2) is 10.4. The van der Waals surface area contributed by atoms with Crippen molar-refractivity contribution in [1.29, 1.82) is 0 Å². The zero-order chi connectivity index (χ0) is 29.7. The van der Waals surface area contributed by atoms with Gasteiger partial charge in [-0.25, -0.2) is 4.98 Å². The van der Waals surface area contributed by atoms with Crippen LogP contribution in [0.1, 0.15) is 51.5 Å². The number of benzene rings is 3. The number of fused-ring (bicyclic) bond motifs is 2. The molecule has 0 spiro atoms. The molecule has 0 saturated heterocycles. The van der Waals surface area contributed by atoms with Crippen LogP contribution < -0.4 is 10.1 Å². The molecule has 1 N–H and O–H groups in total. The third kappa shape index (κ3) is 5.45. The van der Waals surface area contributed by atoms with E-state index >= 15 is 0 Å². The van der Waals surface area contributed by atoms with Crippen molar-refractivity contribution >= 4 is 38.5 Å². The molecule has 1 aliphatic heterocycles. The number of thiazole rings is 1. The van der Waals surface area contributed by atoms with E-state index in [1.165, 1.54) is 25.2 Å². The Balaban J connectivity index is 1.62. The summed E-state index contributed by atoms with van der Waals surface area (Å²) in [6.45, 7) is 2.26. The Hall–Kier alpha value is -4.13. The number of carbonyl (C=O) groups is 2. The fourth-order valence-corrected chi connectivity index (χ4v) is 5.82. The molecular weight excluding hydrogens is 572 g/mol. The van der Waals surface area contributed by atoms with Gasteiger partial charge in [0.15, 0.2) is 5.13 Å². The summed E-state index contributed by atoms with van der Waals surface area (Å²) in [7, 11) is 1.24. The third-order valence-corrected chi connectivity index (χ3v) is 7.65. The minimum absolute atomic E-state index is 0.00874. The summed E-state index contributed by atoms with van der Waals surface area (Å²) in [4.78, 5) is 32.4. The van der Waals surface area contributed by atoms with Gasteiger partial charge in [0.1, 0.15) is 5.75 Å². The van der Waals surface area contributed by atoms with Crippen LogP contribution in [-0.4, -0.2) is 35.4 Å². The zero-order valence-corrected chi connectivity index (χ0v) is 22.2. The van der Waals surface area contributed by atoms with Crippen LogP contribution in [0.15, 0.2) is 60.7 Å². The molecule has 5 rings (SSSR count). The summed E-state index contributed by atoms with van der Waals surface area (Å²) in [5.74, 6) is -2.17. The summed E-state index contributed by atoms with van der Waals surface area (Å²) >= 11 is 1.12. The molecule has 0 bridgehead atoms. The number of amides is 2. The van der Waals surface area contributed by atoms with Crippen LogP contribution in [0.5, 0.6) is 5.75 Å².